The van der Waals surface area contributed by atoms with Gasteiger partial charge < -0.3 is 9.88 Å². The first-order valence-electron chi connectivity index (χ1n) is 10.6. The number of amides is 1. The van der Waals surface area contributed by atoms with Crippen LogP contribution in [0.1, 0.15) is 46.1 Å². The van der Waals surface area contributed by atoms with Gasteiger partial charge in [0.05, 0.1) is 41.6 Å². The van der Waals surface area contributed by atoms with Crippen LogP contribution in [0.2, 0.25) is 5.02 Å². The number of nitrogens with one attached hydrogen (secondary N) is 1. The summed E-state index contributed by atoms with van der Waals surface area (Å²) in [7, 11) is 0. The van der Waals surface area contributed by atoms with Crippen molar-refractivity contribution in [2.45, 2.75) is 32.7 Å². The van der Waals surface area contributed by atoms with Gasteiger partial charge in [-0.05, 0) is 56.0 Å². The molecule has 1 saturated heterocycles. The number of nitrogens with zero attached hydrogens (tertiary/aromatic N) is 5. The normalized spacial score (nSPS) is 16.0. The van der Waals surface area contributed by atoms with Crippen molar-refractivity contribution < 1.29 is 4.79 Å². The highest BCUT2D eigenvalue weighted by atomic mass is 35.5. The topological polar surface area (TPSA) is 79.7 Å². The van der Waals surface area contributed by atoms with Crippen molar-refractivity contribution in [3.05, 3.63) is 82.4 Å². The van der Waals surface area contributed by atoms with Gasteiger partial charge in [0.15, 0.2) is 0 Å². The van der Waals surface area contributed by atoms with E-state index in [1.54, 1.807) is 12.4 Å². The third-order valence-corrected chi connectivity index (χ3v) is 6.42. The number of aryl methyl sites for hydroxylation is 1. The van der Waals surface area contributed by atoms with Crippen LogP contribution in [0, 0.1) is 13.8 Å². The molecule has 0 radical (unpaired) electrons. The average Bonchev–Trinajstić information content (AvgIpc) is 3.55. The minimum absolute atomic E-state index is 0.0325. The Hall–Kier alpha value is -3.45. The van der Waals surface area contributed by atoms with E-state index in [1.165, 1.54) is 4.80 Å². The van der Waals surface area contributed by atoms with Crippen LogP contribution in [-0.4, -0.2) is 42.3 Å². The van der Waals surface area contributed by atoms with Crippen molar-refractivity contribution in [3.63, 3.8) is 0 Å². The van der Waals surface area contributed by atoms with E-state index in [1.807, 2.05) is 61.3 Å². The highest BCUT2D eigenvalue weighted by Gasteiger charge is 2.33. The summed E-state index contributed by atoms with van der Waals surface area (Å²) in [5, 5.41) is 9.17. The first kappa shape index (κ1) is 20.5. The third kappa shape index (κ3) is 3.58. The van der Waals surface area contributed by atoms with Gasteiger partial charge in [0.25, 0.3) is 5.91 Å². The molecule has 5 rings (SSSR count). The Balaban J connectivity index is 1.47. The van der Waals surface area contributed by atoms with Crippen molar-refractivity contribution in [2.75, 3.05) is 6.54 Å². The molecule has 1 aliphatic rings. The first-order chi connectivity index (χ1) is 15.5. The van der Waals surface area contributed by atoms with Gasteiger partial charge in [-0.1, -0.05) is 29.8 Å². The van der Waals surface area contributed by atoms with Crippen LogP contribution in [-0.2, 0) is 0 Å². The fourth-order valence-corrected chi connectivity index (χ4v) is 4.50. The highest BCUT2D eigenvalue weighted by Crippen LogP contribution is 2.35. The van der Waals surface area contributed by atoms with Gasteiger partial charge in [-0.15, -0.1) is 0 Å². The third-order valence-electron chi connectivity index (χ3n) is 6.01. The van der Waals surface area contributed by atoms with Gasteiger partial charge in [0.1, 0.15) is 5.82 Å². The van der Waals surface area contributed by atoms with Crippen LogP contribution >= 0.6 is 11.6 Å². The lowest BCUT2D eigenvalue weighted by Gasteiger charge is -2.25. The first-order valence-corrected chi connectivity index (χ1v) is 11.0. The summed E-state index contributed by atoms with van der Waals surface area (Å²) in [6.45, 7) is 4.66. The van der Waals surface area contributed by atoms with Crippen LogP contribution in [0.25, 0.3) is 17.1 Å². The quantitative estimate of drug-likeness (QED) is 0.483. The van der Waals surface area contributed by atoms with Crippen molar-refractivity contribution in [3.8, 4) is 17.1 Å². The van der Waals surface area contributed by atoms with Crippen LogP contribution in [0.5, 0.6) is 0 Å². The molecule has 162 valence electrons. The van der Waals surface area contributed by atoms with E-state index in [0.717, 1.165) is 41.1 Å². The average molecular weight is 447 g/mol. The molecule has 1 fully saturated rings. The van der Waals surface area contributed by atoms with Crippen LogP contribution < -0.4 is 0 Å². The summed E-state index contributed by atoms with van der Waals surface area (Å²) >= 11 is 6.29. The molecule has 1 aliphatic heterocycles. The molecular weight excluding hydrogens is 424 g/mol. The molecule has 0 aliphatic carbocycles. The number of carbonyl (C=O) groups is 1. The summed E-state index contributed by atoms with van der Waals surface area (Å²) in [4.78, 5) is 25.1. The number of imidazole rings is 1. The minimum atomic E-state index is -0.0667. The van der Waals surface area contributed by atoms with Gasteiger partial charge >= 0.3 is 0 Å². The number of hydrogen-bond acceptors (Lipinski definition) is 4. The lowest BCUT2D eigenvalue weighted by Crippen LogP contribution is -2.31. The van der Waals surface area contributed by atoms with Gasteiger partial charge in [0.2, 0.25) is 0 Å². The Morgan fingerprint density at radius 2 is 1.97 bits per heavy atom. The molecule has 0 saturated carbocycles. The second-order valence-corrected chi connectivity index (χ2v) is 8.50. The zero-order valence-corrected chi connectivity index (χ0v) is 18.7. The van der Waals surface area contributed by atoms with E-state index in [4.69, 9.17) is 11.6 Å². The number of aromatic amines is 1. The summed E-state index contributed by atoms with van der Waals surface area (Å²) in [6.07, 6.45) is 6.86. The fraction of sp³-hybridized carbons (Fsp3) is 0.250. The molecule has 4 aromatic rings. The number of rotatable bonds is 4. The Bertz CT molecular complexity index is 1280. The second-order valence-electron chi connectivity index (χ2n) is 8.10. The number of H-pyrrole nitrogens is 1. The van der Waals surface area contributed by atoms with E-state index < -0.39 is 0 Å². The maximum Gasteiger partial charge on any atom is 0.256 e. The molecule has 0 bridgehead atoms. The van der Waals surface area contributed by atoms with Crippen molar-refractivity contribution in [1.29, 1.82) is 0 Å². The summed E-state index contributed by atoms with van der Waals surface area (Å²) < 4.78 is 0. The monoisotopic (exact) mass is 446 g/mol. The second kappa shape index (κ2) is 8.24. The van der Waals surface area contributed by atoms with E-state index in [2.05, 4.69) is 20.2 Å². The maximum atomic E-state index is 13.6. The van der Waals surface area contributed by atoms with Gasteiger partial charge in [0, 0.05) is 17.1 Å². The molecule has 3 heterocycles. The van der Waals surface area contributed by atoms with E-state index in [9.17, 15) is 4.79 Å². The number of benzene rings is 2. The van der Waals surface area contributed by atoms with E-state index in [-0.39, 0.29) is 11.9 Å². The molecular formula is C24H23ClN6O. The highest BCUT2D eigenvalue weighted by molar-refractivity contribution is 6.31. The lowest BCUT2D eigenvalue weighted by atomic mass is 10.1. The summed E-state index contributed by atoms with van der Waals surface area (Å²) in [5.41, 5.74) is 5.18. The minimum Gasteiger partial charge on any atom is -0.340 e. The molecule has 32 heavy (non-hydrogen) atoms. The Labute approximate surface area is 191 Å². The Morgan fingerprint density at radius 1 is 1.16 bits per heavy atom. The summed E-state index contributed by atoms with van der Waals surface area (Å²) in [5.74, 6) is 0.728. The number of likely N-dealkylation sites (tertiary alicyclic amines) is 1. The number of aromatic nitrogens is 5. The molecule has 7 nitrogen and oxygen atoms in total. The molecule has 0 spiro atoms. The van der Waals surface area contributed by atoms with Gasteiger partial charge in [-0.25, -0.2) is 4.98 Å². The molecule has 1 unspecified atom stereocenters. The smallest absolute Gasteiger partial charge is 0.256 e. The molecule has 8 heteroatoms. The molecule has 1 amide bonds. The van der Waals surface area contributed by atoms with Gasteiger partial charge in [-0.2, -0.15) is 15.0 Å². The van der Waals surface area contributed by atoms with Gasteiger partial charge in [-0.3, -0.25) is 4.79 Å². The number of hydrogen-bond donors (Lipinski definition) is 1. The van der Waals surface area contributed by atoms with Crippen molar-refractivity contribution >= 4 is 17.5 Å². The Kier molecular flexibility index (Phi) is 5.27. The molecule has 2 aromatic carbocycles. The maximum absolute atomic E-state index is 13.6. The predicted octanol–water partition coefficient (Wildman–Crippen LogP) is 4.90. The Morgan fingerprint density at radius 3 is 2.78 bits per heavy atom. The molecule has 1 N–H and O–H groups in total. The number of halogens is 1. The van der Waals surface area contributed by atoms with Crippen molar-refractivity contribution in [1.82, 2.24) is 29.9 Å². The predicted molar refractivity (Wildman–Crippen MR) is 123 cm³/mol. The lowest BCUT2D eigenvalue weighted by molar-refractivity contribution is 0.0733. The SMILES string of the molecule is Cc1ccc(C(=O)N2CCCC2c2cnc(-c3cccc(Cl)c3C)[nH]2)c(-n2nccn2)c1. The van der Waals surface area contributed by atoms with Crippen LogP contribution in [0.4, 0.5) is 0 Å². The summed E-state index contributed by atoms with van der Waals surface area (Å²) in [6, 6.07) is 11.5. The standard InChI is InChI=1S/C24H23ClN6O/c1-15-8-9-18(22(13-15)31-27-10-11-28-31)24(32)30-12-4-7-21(30)20-14-26-23(29-20)17-5-3-6-19(25)16(17)2/h3,5-6,8-11,13-14,21H,4,7,12H2,1-2H3,(H,26,29). The van der Waals surface area contributed by atoms with E-state index in [0.29, 0.717) is 22.8 Å². The van der Waals surface area contributed by atoms with Crippen LogP contribution in [0.3, 0.4) is 0 Å². The van der Waals surface area contributed by atoms with Crippen molar-refractivity contribution in [2.24, 2.45) is 0 Å². The zero-order chi connectivity index (χ0) is 22.2. The number of carbonyl (C=O) groups excluding carboxylic acids is 1. The molecule has 1 atom stereocenters. The fourth-order valence-electron chi connectivity index (χ4n) is 4.32. The molecule has 2 aromatic heterocycles. The van der Waals surface area contributed by atoms with Crippen LogP contribution in [0.15, 0.2) is 55.0 Å². The largest absolute Gasteiger partial charge is 0.340 e. The zero-order valence-electron chi connectivity index (χ0n) is 17.9. The van der Waals surface area contributed by atoms with E-state index >= 15 is 0 Å².